The zero-order chi connectivity index (χ0) is 14.8. The molecular weight excluding hydrogens is 302 g/mol. The first-order chi connectivity index (χ1) is 10.2. The third-order valence-electron chi connectivity index (χ3n) is 3.92. The summed E-state index contributed by atoms with van der Waals surface area (Å²) in [6.07, 6.45) is 3.08. The zero-order valence-electron chi connectivity index (χ0n) is 11.5. The van der Waals surface area contributed by atoms with Crippen molar-refractivity contribution in [2.75, 3.05) is 0 Å². The van der Waals surface area contributed by atoms with Crippen LogP contribution in [0.5, 0.6) is 0 Å². The summed E-state index contributed by atoms with van der Waals surface area (Å²) in [5, 5.41) is 5.93. The van der Waals surface area contributed by atoms with Crippen molar-refractivity contribution in [1.82, 2.24) is 5.32 Å². The molecular formula is C17H16ClNOS. The number of carbonyl (C=O) groups is 1. The Kier molecular flexibility index (Phi) is 4.13. The second-order valence-electron chi connectivity index (χ2n) is 5.22. The van der Waals surface area contributed by atoms with Gasteiger partial charge in [-0.15, -0.1) is 11.3 Å². The molecule has 0 spiro atoms. The van der Waals surface area contributed by atoms with Gasteiger partial charge in [-0.3, -0.25) is 4.79 Å². The van der Waals surface area contributed by atoms with E-state index in [0.717, 1.165) is 23.4 Å². The maximum atomic E-state index is 11.6. The number of rotatable bonds is 3. The van der Waals surface area contributed by atoms with Crippen LogP contribution in [0.1, 0.15) is 28.3 Å². The van der Waals surface area contributed by atoms with E-state index in [1.54, 1.807) is 11.3 Å². The van der Waals surface area contributed by atoms with E-state index in [1.165, 1.54) is 16.5 Å². The van der Waals surface area contributed by atoms with Crippen LogP contribution >= 0.6 is 22.9 Å². The van der Waals surface area contributed by atoms with Gasteiger partial charge in [0.2, 0.25) is 5.91 Å². The number of hydrogen-bond donors (Lipinski definition) is 1. The SMILES string of the molecule is C=CC(=O)N[C@@H]1Cc2sccc2[C@H](c2ccccc2Cl)C1. The van der Waals surface area contributed by atoms with Crippen LogP contribution in [0.2, 0.25) is 5.02 Å². The first-order valence-corrected chi connectivity index (χ1v) is 8.18. The highest BCUT2D eigenvalue weighted by atomic mass is 35.5. The van der Waals surface area contributed by atoms with Crippen molar-refractivity contribution in [2.24, 2.45) is 0 Å². The van der Waals surface area contributed by atoms with Gasteiger partial charge in [0.15, 0.2) is 0 Å². The molecule has 1 aliphatic rings. The molecule has 0 saturated heterocycles. The van der Waals surface area contributed by atoms with Gasteiger partial charge in [-0.25, -0.2) is 0 Å². The Morgan fingerprint density at radius 1 is 1.33 bits per heavy atom. The third-order valence-corrected chi connectivity index (χ3v) is 5.22. The van der Waals surface area contributed by atoms with Gasteiger partial charge < -0.3 is 5.32 Å². The van der Waals surface area contributed by atoms with Gasteiger partial charge in [-0.05, 0) is 41.1 Å². The second-order valence-corrected chi connectivity index (χ2v) is 6.63. The number of fused-ring (bicyclic) bond motifs is 1. The number of thiophene rings is 1. The monoisotopic (exact) mass is 317 g/mol. The van der Waals surface area contributed by atoms with E-state index < -0.39 is 0 Å². The predicted molar refractivity (Wildman–Crippen MR) is 88.1 cm³/mol. The van der Waals surface area contributed by atoms with Gasteiger partial charge >= 0.3 is 0 Å². The molecule has 0 aliphatic heterocycles. The molecule has 0 saturated carbocycles. The summed E-state index contributed by atoms with van der Waals surface area (Å²) >= 11 is 8.12. The molecule has 2 aromatic rings. The lowest BCUT2D eigenvalue weighted by Gasteiger charge is -2.30. The number of benzene rings is 1. The number of carbonyl (C=O) groups excluding carboxylic acids is 1. The molecule has 4 heteroatoms. The number of amides is 1. The first kappa shape index (κ1) is 14.4. The van der Waals surface area contributed by atoms with E-state index in [0.29, 0.717) is 0 Å². The molecule has 1 aliphatic carbocycles. The molecule has 0 fully saturated rings. The van der Waals surface area contributed by atoms with Gasteiger partial charge in [0.25, 0.3) is 0 Å². The molecule has 108 valence electrons. The van der Waals surface area contributed by atoms with Crippen LogP contribution in [0.3, 0.4) is 0 Å². The van der Waals surface area contributed by atoms with E-state index in [2.05, 4.69) is 29.4 Å². The van der Waals surface area contributed by atoms with E-state index in [9.17, 15) is 4.79 Å². The number of nitrogens with one attached hydrogen (secondary N) is 1. The van der Waals surface area contributed by atoms with E-state index in [-0.39, 0.29) is 17.9 Å². The van der Waals surface area contributed by atoms with E-state index in [1.807, 2.05) is 18.2 Å². The standard InChI is InChI=1S/C17H16ClNOS/c1-2-17(20)19-11-9-14(12-5-3-4-6-15(12)18)13-7-8-21-16(13)10-11/h2-8,11,14H,1,9-10H2,(H,19,20)/t11-,14-/m0/s1. The topological polar surface area (TPSA) is 29.1 Å². The largest absolute Gasteiger partial charge is 0.349 e. The summed E-state index contributed by atoms with van der Waals surface area (Å²) < 4.78 is 0. The molecule has 1 heterocycles. The van der Waals surface area contributed by atoms with Gasteiger partial charge in [0, 0.05) is 28.3 Å². The van der Waals surface area contributed by atoms with Crippen molar-refractivity contribution in [3.8, 4) is 0 Å². The van der Waals surface area contributed by atoms with Crippen molar-refractivity contribution < 1.29 is 4.79 Å². The summed E-state index contributed by atoms with van der Waals surface area (Å²) in [6.45, 7) is 3.52. The Balaban J connectivity index is 1.95. The quantitative estimate of drug-likeness (QED) is 0.847. The summed E-state index contributed by atoms with van der Waals surface area (Å²) in [6, 6.07) is 10.3. The summed E-state index contributed by atoms with van der Waals surface area (Å²) in [7, 11) is 0. The van der Waals surface area contributed by atoms with Gasteiger partial charge in [-0.1, -0.05) is 36.4 Å². The van der Waals surface area contributed by atoms with Crippen molar-refractivity contribution >= 4 is 28.8 Å². The average molecular weight is 318 g/mol. The normalized spacial score (nSPS) is 20.6. The minimum Gasteiger partial charge on any atom is -0.349 e. The maximum Gasteiger partial charge on any atom is 0.243 e. The Labute approximate surface area is 133 Å². The van der Waals surface area contributed by atoms with Gasteiger partial charge in [-0.2, -0.15) is 0 Å². The van der Waals surface area contributed by atoms with Crippen LogP contribution in [0, 0.1) is 0 Å². The molecule has 3 rings (SSSR count). The highest BCUT2D eigenvalue weighted by molar-refractivity contribution is 7.10. The van der Waals surface area contributed by atoms with Crippen LogP contribution in [-0.4, -0.2) is 11.9 Å². The molecule has 0 radical (unpaired) electrons. The fourth-order valence-corrected chi connectivity index (χ4v) is 4.26. The zero-order valence-corrected chi connectivity index (χ0v) is 13.1. The van der Waals surface area contributed by atoms with Crippen LogP contribution in [-0.2, 0) is 11.2 Å². The second kappa shape index (κ2) is 6.04. The summed E-state index contributed by atoms with van der Waals surface area (Å²) in [5.74, 6) is 0.127. The number of halogens is 1. The average Bonchev–Trinajstić information content (AvgIpc) is 2.95. The minimum absolute atomic E-state index is 0.113. The smallest absolute Gasteiger partial charge is 0.243 e. The molecule has 21 heavy (non-hydrogen) atoms. The van der Waals surface area contributed by atoms with Crippen LogP contribution < -0.4 is 5.32 Å². The lowest BCUT2D eigenvalue weighted by atomic mass is 9.80. The minimum atomic E-state index is -0.113. The molecule has 1 amide bonds. The van der Waals surface area contributed by atoms with Gasteiger partial charge in [0.1, 0.15) is 0 Å². The lowest BCUT2D eigenvalue weighted by molar-refractivity contribution is -0.117. The van der Waals surface area contributed by atoms with Crippen molar-refractivity contribution in [3.05, 3.63) is 69.4 Å². The van der Waals surface area contributed by atoms with E-state index >= 15 is 0 Å². The van der Waals surface area contributed by atoms with Crippen LogP contribution in [0.25, 0.3) is 0 Å². The van der Waals surface area contributed by atoms with Crippen LogP contribution in [0.4, 0.5) is 0 Å². The predicted octanol–water partition coefficient (Wildman–Crippen LogP) is 4.15. The molecule has 1 N–H and O–H groups in total. The van der Waals surface area contributed by atoms with Crippen molar-refractivity contribution in [2.45, 2.75) is 24.8 Å². The van der Waals surface area contributed by atoms with Crippen molar-refractivity contribution in [1.29, 1.82) is 0 Å². The Hall–Kier alpha value is -1.58. The summed E-state index contributed by atoms with van der Waals surface area (Å²) in [5.41, 5.74) is 2.48. The highest BCUT2D eigenvalue weighted by Crippen LogP contribution is 2.41. The van der Waals surface area contributed by atoms with E-state index in [4.69, 9.17) is 11.6 Å². The molecule has 2 nitrogen and oxygen atoms in total. The Bertz CT molecular complexity index is 679. The Morgan fingerprint density at radius 3 is 2.90 bits per heavy atom. The fraction of sp³-hybridized carbons (Fsp3) is 0.235. The molecule has 2 atom stereocenters. The van der Waals surface area contributed by atoms with Crippen LogP contribution in [0.15, 0.2) is 48.4 Å². The maximum absolute atomic E-state index is 11.6. The molecule has 0 bridgehead atoms. The third kappa shape index (κ3) is 2.89. The van der Waals surface area contributed by atoms with Crippen molar-refractivity contribution in [3.63, 3.8) is 0 Å². The fourth-order valence-electron chi connectivity index (χ4n) is 2.97. The lowest BCUT2D eigenvalue weighted by Crippen LogP contribution is -2.38. The molecule has 1 aromatic heterocycles. The molecule has 0 unspecified atom stereocenters. The summed E-state index contributed by atoms with van der Waals surface area (Å²) in [4.78, 5) is 12.9. The highest BCUT2D eigenvalue weighted by Gasteiger charge is 2.30. The molecule has 1 aromatic carbocycles. The Morgan fingerprint density at radius 2 is 2.14 bits per heavy atom. The number of hydrogen-bond acceptors (Lipinski definition) is 2. The first-order valence-electron chi connectivity index (χ1n) is 6.92. The van der Waals surface area contributed by atoms with Gasteiger partial charge in [0.05, 0.1) is 0 Å².